The smallest absolute Gasteiger partial charge is 0.143 e. The summed E-state index contributed by atoms with van der Waals surface area (Å²) in [5, 5.41) is 4.37. The van der Waals surface area contributed by atoms with Crippen LogP contribution >= 0.6 is 43.2 Å². The fraction of sp³-hybridized carbons (Fsp3) is 0.385. The van der Waals surface area contributed by atoms with Gasteiger partial charge < -0.3 is 5.32 Å². The Morgan fingerprint density at radius 1 is 1.37 bits per heavy atom. The molecular weight excluding hydrogens is 390 g/mol. The summed E-state index contributed by atoms with van der Waals surface area (Å²) in [5.41, 5.74) is 1.98. The Hall–Kier alpha value is -0.300. The van der Waals surface area contributed by atoms with Crippen molar-refractivity contribution < 1.29 is 0 Å². The highest BCUT2D eigenvalue weighted by Crippen LogP contribution is 2.32. The highest BCUT2D eigenvalue weighted by molar-refractivity contribution is 9.11. The zero-order valence-electron chi connectivity index (χ0n) is 10.8. The van der Waals surface area contributed by atoms with E-state index >= 15 is 0 Å². The van der Waals surface area contributed by atoms with Crippen molar-refractivity contribution in [3.63, 3.8) is 0 Å². The quantitative estimate of drug-likeness (QED) is 0.743. The van der Waals surface area contributed by atoms with Crippen molar-refractivity contribution in [2.45, 2.75) is 26.8 Å². The molecule has 0 atom stereocenters. The molecule has 0 aliphatic carbocycles. The Labute approximate surface area is 134 Å². The Morgan fingerprint density at radius 2 is 2.16 bits per heavy atom. The van der Waals surface area contributed by atoms with Gasteiger partial charge in [-0.15, -0.1) is 11.3 Å². The van der Waals surface area contributed by atoms with E-state index in [9.17, 15) is 0 Å². The largest absolute Gasteiger partial charge is 0.312 e. The molecule has 2 aromatic heterocycles. The van der Waals surface area contributed by atoms with Gasteiger partial charge in [-0.25, -0.2) is 4.98 Å². The first kappa shape index (κ1) is 15.1. The number of pyridine rings is 1. The van der Waals surface area contributed by atoms with Crippen molar-refractivity contribution in [3.8, 4) is 10.7 Å². The maximum absolute atomic E-state index is 4.62. The Bertz CT molecular complexity index is 569. The van der Waals surface area contributed by atoms with Gasteiger partial charge in [0.15, 0.2) is 0 Å². The van der Waals surface area contributed by atoms with Crippen LogP contribution in [-0.4, -0.2) is 16.5 Å². The molecule has 2 aromatic rings. The number of aryl methyl sites for hydroxylation is 1. The fourth-order valence-corrected chi connectivity index (χ4v) is 3.99. The third-order valence-corrected chi connectivity index (χ3v) is 4.82. The van der Waals surface area contributed by atoms with Crippen LogP contribution in [-0.2, 0) is 6.54 Å². The van der Waals surface area contributed by atoms with E-state index in [4.69, 9.17) is 0 Å². The number of thiazole rings is 1. The zero-order valence-corrected chi connectivity index (χ0v) is 14.8. The third-order valence-electron chi connectivity index (χ3n) is 2.62. The van der Waals surface area contributed by atoms with Crippen LogP contribution in [0.25, 0.3) is 10.7 Å². The fourth-order valence-electron chi connectivity index (χ4n) is 1.64. The summed E-state index contributed by atoms with van der Waals surface area (Å²) in [6, 6.07) is 1.99. The average Bonchev–Trinajstić information content (AvgIpc) is 2.71. The van der Waals surface area contributed by atoms with Gasteiger partial charge in [0.05, 0.1) is 5.69 Å². The molecule has 0 radical (unpaired) electrons. The summed E-state index contributed by atoms with van der Waals surface area (Å²) in [6.45, 7) is 6.13. The lowest BCUT2D eigenvalue weighted by molar-refractivity contribution is 0.678. The van der Waals surface area contributed by atoms with E-state index in [1.165, 1.54) is 4.88 Å². The molecule has 0 bridgehead atoms. The monoisotopic (exact) mass is 403 g/mol. The van der Waals surface area contributed by atoms with Crippen molar-refractivity contribution in [1.82, 2.24) is 15.3 Å². The Kier molecular flexibility index (Phi) is 5.50. The number of rotatable bonds is 5. The van der Waals surface area contributed by atoms with Crippen LogP contribution in [0.3, 0.4) is 0 Å². The minimum Gasteiger partial charge on any atom is -0.312 e. The van der Waals surface area contributed by atoms with Crippen LogP contribution < -0.4 is 5.32 Å². The molecule has 1 N–H and O–H groups in total. The third kappa shape index (κ3) is 3.84. The molecule has 19 heavy (non-hydrogen) atoms. The number of hydrogen-bond donors (Lipinski definition) is 1. The first-order valence-corrected chi connectivity index (χ1v) is 8.50. The van der Waals surface area contributed by atoms with Gasteiger partial charge in [-0.05, 0) is 57.8 Å². The van der Waals surface area contributed by atoms with Gasteiger partial charge in [0.2, 0.25) is 0 Å². The van der Waals surface area contributed by atoms with Crippen molar-refractivity contribution in [1.29, 1.82) is 0 Å². The molecule has 2 rings (SSSR count). The van der Waals surface area contributed by atoms with E-state index in [1.807, 2.05) is 6.07 Å². The Morgan fingerprint density at radius 3 is 2.84 bits per heavy atom. The SMILES string of the molecule is CCCNCc1sc(-c2ncc(Br)cc2Br)nc1C. The van der Waals surface area contributed by atoms with E-state index in [0.29, 0.717) is 0 Å². The van der Waals surface area contributed by atoms with Crippen LogP contribution in [0.2, 0.25) is 0 Å². The lowest BCUT2D eigenvalue weighted by atomic mass is 10.3. The molecule has 6 heteroatoms. The lowest BCUT2D eigenvalue weighted by Gasteiger charge is -2.00. The molecule has 2 heterocycles. The highest BCUT2D eigenvalue weighted by Gasteiger charge is 2.13. The first-order valence-electron chi connectivity index (χ1n) is 6.10. The number of hydrogen-bond acceptors (Lipinski definition) is 4. The maximum Gasteiger partial charge on any atom is 0.143 e. The molecule has 0 amide bonds. The average molecular weight is 405 g/mol. The molecule has 102 valence electrons. The van der Waals surface area contributed by atoms with Gasteiger partial charge in [0, 0.05) is 26.6 Å². The van der Waals surface area contributed by atoms with Crippen LogP contribution in [0.1, 0.15) is 23.9 Å². The summed E-state index contributed by atoms with van der Waals surface area (Å²) in [7, 11) is 0. The molecule has 0 fully saturated rings. The summed E-state index contributed by atoms with van der Waals surface area (Å²) >= 11 is 8.65. The Balaban J connectivity index is 2.23. The molecule has 0 unspecified atom stereocenters. The van der Waals surface area contributed by atoms with E-state index < -0.39 is 0 Å². The van der Waals surface area contributed by atoms with Crippen molar-refractivity contribution >= 4 is 43.2 Å². The molecule has 0 aliphatic heterocycles. The molecule has 0 spiro atoms. The second-order valence-corrected chi connectivity index (χ2v) is 7.04. The second-order valence-electron chi connectivity index (χ2n) is 4.19. The van der Waals surface area contributed by atoms with Gasteiger partial charge in [-0.3, -0.25) is 4.98 Å². The van der Waals surface area contributed by atoms with E-state index in [2.05, 4.69) is 61.0 Å². The summed E-state index contributed by atoms with van der Waals surface area (Å²) < 4.78 is 1.92. The molecule has 0 saturated heterocycles. The van der Waals surface area contributed by atoms with Crippen molar-refractivity contribution in [2.24, 2.45) is 0 Å². The van der Waals surface area contributed by atoms with E-state index in [-0.39, 0.29) is 0 Å². The molecule has 3 nitrogen and oxygen atoms in total. The van der Waals surface area contributed by atoms with Crippen LogP contribution in [0.4, 0.5) is 0 Å². The summed E-state index contributed by atoms with van der Waals surface area (Å²) in [5.74, 6) is 0. The second kappa shape index (κ2) is 6.92. The van der Waals surface area contributed by atoms with Crippen molar-refractivity contribution in [2.75, 3.05) is 6.54 Å². The van der Waals surface area contributed by atoms with Crippen LogP contribution in [0, 0.1) is 6.92 Å². The number of nitrogens with zero attached hydrogens (tertiary/aromatic N) is 2. The van der Waals surface area contributed by atoms with Crippen LogP contribution in [0.5, 0.6) is 0 Å². The van der Waals surface area contributed by atoms with Crippen molar-refractivity contribution in [3.05, 3.63) is 31.8 Å². The predicted octanol–water partition coefficient (Wildman–Crippen LogP) is 4.54. The van der Waals surface area contributed by atoms with E-state index in [1.54, 1.807) is 17.5 Å². The lowest BCUT2D eigenvalue weighted by Crippen LogP contribution is -2.13. The maximum atomic E-state index is 4.62. The molecule has 0 saturated carbocycles. The van der Waals surface area contributed by atoms with E-state index in [0.717, 1.165) is 44.9 Å². The zero-order chi connectivity index (χ0) is 13.8. The van der Waals surface area contributed by atoms with Gasteiger partial charge in [-0.1, -0.05) is 6.92 Å². The number of halogens is 2. The van der Waals surface area contributed by atoms with Gasteiger partial charge in [0.25, 0.3) is 0 Å². The van der Waals surface area contributed by atoms with Gasteiger partial charge >= 0.3 is 0 Å². The first-order chi connectivity index (χ1) is 9.11. The highest BCUT2D eigenvalue weighted by atomic mass is 79.9. The minimum atomic E-state index is 0.880. The number of aromatic nitrogens is 2. The van der Waals surface area contributed by atoms with Gasteiger partial charge in [-0.2, -0.15) is 0 Å². The molecule has 0 aliphatic rings. The standard InChI is InChI=1S/C13H15Br2N3S/c1-3-4-16-7-11-8(2)18-13(19-11)12-10(15)5-9(14)6-17-12/h5-6,16H,3-4,7H2,1-2H3. The normalized spacial score (nSPS) is 10.9. The summed E-state index contributed by atoms with van der Waals surface area (Å²) in [4.78, 5) is 10.3. The van der Waals surface area contributed by atoms with Gasteiger partial charge in [0.1, 0.15) is 10.7 Å². The molecular formula is C13H15Br2N3S. The topological polar surface area (TPSA) is 37.8 Å². The van der Waals surface area contributed by atoms with Crippen LogP contribution in [0.15, 0.2) is 21.2 Å². The predicted molar refractivity (Wildman–Crippen MR) is 87.5 cm³/mol. The summed E-state index contributed by atoms with van der Waals surface area (Å²) in [6.07, 6.45) is 2.94. The molecule has 0 aromatic carbocycles. The minimum absolute atomic E-state index is 0.880. The number of nitrogens with one attached hydrogen (secondary N) is 1.